The van der Waals surface area contributed by atoms with E-state index in [2.05, 4.69) is 140 Å². The Labute approximate surface area is 243 Å². The standard InChI is InChI=1S/C40H24N2/c1-2-11-27(12-3-1)38-35-23-20-25-10-4-5-15-29(25)39(35)42-40(41-38)28-21-22-32-34-19-9-14-26-13-8-18-33(37(26)34)30-16-6-7-17-31(30)36(32)24-28/h1-24H. The van der Waals surface area contributed by atoms with Gasteiger partial charge in [0.15, 0.2) is 5.82 Å². The SMILES string of the molecule is c1ccc(-c2nc(-c3ccc4c(c3)-c3ccccc3-c3cccc5cccc-4c35)nc3c2ccc2ccccc23)cc1. The molecule has 7 aromatic carbocycles. The fourth-order valence-electron chi connectivity index (χ4n) is 6.69. The van der Waals surface area contributed by atoms with E-state index in [1.165, 1.54) is 49.5 Å². The molecule has 1 heterocycles. The van der Waals surface area contributed by atoms with Crippen LogP contribution >= 0.6 is 0 Å². The predicted octanol–water partition coefficient (Wildman–Crippen LogP) is 10.6. The summed E-state index contributed by atoms with van der Waals surface area (Å²) < 4.78 is 0. The Hall–Kier alpha value is -5.60. The molecule has 1 aliphatic rings. The van der Waals surface area contributed by atoms with Gasteiger partial charge in [-0.15, -0.1) is 0 Å². The lowest BCUT2D eigenvalue weighted by Crippen LogP contribution is -1.97. The van der Waals surface area contributed by atoms with Gasteiger partial charge in [-0.3, -0.25) is 0 Å². The van der Waals surface area contributed by atoms with E-state index in [1.807, 2.05) is 6.07 Å². The molecule has 0 bridgehead atoms. The van der Waals surface area contributed by atoms with Gasteiger partial charge in [0.25, 0.3) is 0 Å². The maximum absolute atomic E-state index is 5.26. The number of aromatic nitrogens is 2. The zero-order valence-corrected chi connectivity index (χ0v) is 22.8. The molecule has 194 valence electrons. The van der Waals surface area contributed by atoms with Crippen molar-refractivity contribution < 1.29 is 0 Å². The molecule has 0 atom stereocenters. The zero-order valence-electron chi connectivity index (χ0n) is 22.8. The highest BCUT2D eigenvalue weighted by atomic mass is 14.9. The minimum atomic E-state index is 0.734. The largest absolute Gasteiger partial charge is 0.227 e. The summed E-state index contributed by atoms with van der Waals surface area (Å²) in [6.45, 7) is 0. The van der Waals surface area contributed by atoms with Gasteiger partial charge < -0.3 is 0 Å². The summed E-state index contributed by atoms with van der Waals surface area (Å²) in [5, 5.41) is 5.94. The van der Waals surface area contributed by atoms with E-state index in [1.54, 1.807) is 0 Å². The van der Waals surface area contributed by atoms with Gasteiger partial charge in [0.2, 0.25) is 0 Å². The molecule has 0 saturated carbocycles. The molecule has 42 heavy (non-hydrogen) atoms. The fraction of sp³-hybridized carbons (Fsp3) is 0. The second-order valence-electron chi connectivity index (χ2n) is 11.0. The number of nitrogens with zero attached hydrogens (tertiary/aromatic N) is 2. The van der Waals surface area contributed by atoms with Crippen molar-refractivity contribution in [3.8, 4) is 56.0 Å². The van der Waals surface area contributed by atoms with Crippen LogP contribution in [-0.2, 0) is 0 Å². The van der Waals surface area contributed by atoms with Crippen LogP contribution in [-0.4, -0.2) is 9.97 Å². The Morgan fingerprint density at radius 3 is 1.81 bits per heavy atom. The summed E-state index contributed by atoms with van der Waals surface area (Å²) in [4.78, 5) is 10.5. The molecule has 0 unspecified atom stereocenters. The topological polar surface area (TPSA) is 25.8 Å². The maximum Gasteiger partial charge on any atom is 0.160 e. The van der Waals surface area contributed by atoms with E-state index in [0.29, 0.717) is 0 Å². The zero-order chi connectivity index (χ0) is 27.6. The van der Waals surface area contributed by atoms with Gasteiger partial charge in [0, 0.05) is 21.9 Å². The maximum atomic E-state index is 5.26. The van der Waals surface area contributed by atoms with E-state index in [4.69, 9.17) is 9.97 Å². The molecule has 2 heteroatoms. The molecule has 0 spiro atoms. The van der Waals surface area contributed by atoms with Crippen molar-refractivity contribution in [1.82, 2.24) is 9.97 Å². The van der Waals surface area contributed by atoms with Gasteiger partial charge >= 0.3 is 0 Å². The van der Waals surface area contributed by atoms with E-state index in [0.717, 1.165) is 38.9 Å². The molecule has 9 rings (SSSR count). The first kappa shape index (κ1) is 23.1. The quantitative estimate of drug-likeness (QED) is 0.207. The highest BCUT2D eigenvalue weighted by Gasteiger charge is 2.22. The number of benzene rings is 7. The minimum absolute atomic E-state index is 0.734. The molecule has 0 amide bonds. The summed E-state index contributed by atoms with van der Waals surface area (Å²) >= 11 is 0. The third kappa shape index (κ3) is 3.39. The second-order valence-corrected chi connectivity index (χ2v) is 11.0. The number of rotatable bonds is 2. The number of hydrogen-bond acceptors (Lipinski definition) is 2. The van der Waals surface area contributed by atoms with E-state index in [-0.39, 0.29) is 0 Å². The summed E-state index contributed by atoms with van der Waals surface area (Å²) in [6, 6.07) is 52.0. The third-order valence-corrected chi connectivity index (χ3v) is 8.62. The van der Waals surface area contributed by atoms with Crippen molar-refractivity contribution in [3.05, 3.63) is 146 Å². The first-order valence-electron chi connectivity index (χ1n) is 14.3. The van der Waals surface area contributed by atoms with Crippen molar-refractivity contribution in [2.75, 3.05) is 0 Å². The molecule has 8 aromatic rings. The Bertz CT molecular complexity index is 2350. The molecule has 0 radical (unpaired) electrons. The molecule has 0 N–H and O–H groups in total. The monoisotopic (exact) mass is 532 g/mol. The smallest absolute Gasteiger partial charge is 0.160 e. The van der Waals surface area contributed by atoms with Crippen molar-refractivity contribution in [3.63, 3.8) is 0 Å². The van der Waals surface area contributed by atoms with Gasteiger partial charge in [-0.2, -0.15) is 0 Å². The Kier molecular flexibility index (Phi) is 4.93. The van der Waals surface area contributed by atoms with Crippen LogP contribution in [0.15, 0.2) is 146 Å². The predicted molar refractivity (Wildman–Crippen MR) is 175 cm³/mol. The van der Waals surface area contributed by atoms with Crippen LogP contribution in [0, 0.1) is 0 Å². The van der Waals surface area contributed by atoms with Gasteiger partial charge in [0.05, 0.1) is 11.2 Å². The molecule has 1 aliphatic carbocycles. The van der Waals surface area contributed by atoms with Crippen molar-refractivity contribution in [2.24, 2.45) is 0 Å². The molecule has 0 saturated heterocycles. The fourth-order valence-corrected chi connectivity index (χ4v) is 6.69. The van der Waals surface area contributed by atoms with E-state index < -0.39 is 0 Å². The lowest BCUT2D eigenvalue weighted by atomic mass is 9.92. The first-order chi connectivity index (χ1) is 20.8. The average molecular weight is 533 g/mol. The lowest BCUT2D eigenvalue weighted by molar-refractivity contribution is 1.23. The molecule has 1 aromatic heterocycles. The minimum Gasteiger partial charge on any atom is -0.227 e. The van der Waals surface area contributed by atoms with Crippen LogP contribution in [0.3, 0.4) is 0 Å². The van der Waals surface area contributed by atoms with Crippen LogP contribution in [0.4, 0.5) is 0 Å². The van der Waals surface area contributed by atoms with Crippen LogP contribution in [0.1, 0.15) is 0 Å². The average Bonchev–Trinajstić information content (AvgIpc) is 3.18. The van der Waals surface area contributed by atoms with Crippen molar-refractivity contribution in [1.29, 1.82) is 0 Å². The van der Waals surface area contributed by atoms with Crippen molar-refractivity contribution >= 4 is 32.4 Å². The van der Waals surface area contributed by atoms with Crippen LogP contribution in [0.2, 0.25) is 0 Å². The van der Waals surface area contributed by atoms with Gasteiger partial charge in [0.1, 0.15) is 0 Å². The van der Waals surface area contributed by atoms with Gasteiger partial charge in [-0.1, -0.05) is 133 Å². The normalized spacial score (nSPS) is 11.8. The first-order valence-corrected chi connectivity index (χ1v) is 14.3. The van der Waals surface area contributed by atoms with Gasteiger partial charge in [-0.25, -0.2) is 9.97 Å². The molecule has 2 nitrogen and oxygen atoms in total. The Morgan fingerprint density at radius 1 is 0.357 bits per heavy atom. The molecule has 0 aliphatic heterocycles. The van der Waals surface area contributed by atoms with Crippen LogP contribution in [0.5, 0.6) is 0 Å². The summed E-state index contributed by atoms with van der Waals surface area (Å²) in [5.74, 6) is 0.734. The summed E-state index contributed by atoms with van der Waals surface area (Å²) in [5.41, 5.74) is 11.5. The van der Waals surface area contributed by atoms with Crippen LogP contribution in [0.25, 0.3) is 88.5 Å². The van der Waals surface area contributed by atoms with Crippen LogP contribution < -0.4 is 0 Å². The number of hydrogen-bond donors (Lipinski definition) is 0. The molecular weight excluding hydrogens is 508 g/mol. The van der Waals surface area contributed by atoms with E-state index >= 15 is 0 Å². The van der Waals surface area contributed by atoms with E-state index in [9.17, 15) is 0 Å². The second kappa shape index (κ2) is 8.95. The lowest BCUT2D eigenvalue weighted by Gasteiger charge is -2.14. The third-order valence-electron chi connectivity index (χ3n) is 8.62. The molecular formula is C40H24N2. The number of fused-ring (bicyclic) bond motifs is 8. The summed E-state index contributed by atoms with van der Waals surface area (Å²) in [6.07, 6.45) is 0. The van der Waals surface area contributed by atoms with Gasteiger partial charge in [-0.05, 0) is 61.7 Å². The highest BCUT2D eigenvalue weighted by Crippen LogP contribution is 2.48. The Morgan fingerprint density at radius 2 is 1.00 bits per heavy atom. The Balaban J connectivity index is 1.35. The van der Waals surface area contributed by atoms with Crippen molar-refractivity contribution in [2.45, 2.75) is 0 Å². The summed E-state index contributed by atoms with van der Waals surface area (Å²) in [7, 11) is 0. The highest BCUT2D eigenvalue weighted by molar-refractivity contribution is 6.14. The molecule has 0 fully saturated rings.